The van der Waals surface area contributed by atoms with Crippen LogP contribution in [0.2, 0.25) is 0 Å². The first-order valence-electron chi connectivity index (χ1n) is 4.75. The molecule has 1 heterocycles. The Bertz CT molecular complexity index is 544. The van der Waals surface area contributed by atoms with Crippen LogP contribution in [-0.4, -0.2) is 23.0 Å². The zero-order chi connectivity index (χ0) is 12.6. The van der Waals surface area contributed by atoms with Crippen LogP contribution in [0.3, 0.4) is 0 Å². The lowest BCUT2D eigenvalue weighted by Crippen LogP contribution is -2.25. The quantitative estimate of drug-likeness (QED) is 0.637. The third-order valence-electron chi connectivity index (χ3n) is 2.34. The SMILES string of the molecule is CN1C(=O)/C(=C\c2cc(Br)ccc2F)NC1=S. The molecule has 1 aromatic carbocycles. The molecule has 0 atom stereocenters. The van der Waals surface area contributed by atoms with Gasteiger partial charge in [0.15, 0.2) is 5.11 Å². The van der Waals surface area contributed by atoms with Crippen molar-refractivity contribution >= 4 is 45.2 Å². The van der Waals surface area contributed by atoms with E-state index in [0.29, 0.717) is 10.7 Å². The van der Waals surface area contributed by atoms with Crippen LogP contribution >= 0.6 is 28.1 Å². The van der Waals surface area contributed by atoms with Crippen molar-refractivity contribution in [3.8, 4) is 0 Å². The van der Waals surface area contributed by atoms with Crippen LogP contribution in [0.4, 0.5) is 4.39 Å². The van der Waals surface area contributed by atoms with Gasteiger partial charge < -0.3 is 5.32 Å². The van der Waals surface area contributed by atoms with Gasteiger partial charge in [-0.25, -0.2) is 4.39 Å². The third kappa shape index (κ3) is 2.37. The van der Waals surface area contributed by atoms with E-state index in [1.165, 1.54) is 17.0 Å². The molecule has 0 saturated carbocycles. The second kappa shape index (κ2) is 4.54. The summed E-state index contributed by atoms with van der Waals surface area (Å²) in [5.41, 5.74) is 0.600. The van der Waals surface area contributed by atoms with Gasteiger partial charge in [0.1, 0.15) is 11.5 Å². The Balaban J connectivity index is 2.40. The number of hydrogen-bond donors (Lipinski definition) is 1. The Morgan fingerprint density at radius 1 is 1.53 bits per heavy atom. The fourth-order valence-electron chi connectivity index (χ4n) is 1.40. The van der Waals surface area contributed by atoms with Gasteiger partial charge in [-0.2, -0.15) is 0 Å². The molecule has 1 aliphatic rings. The summed E-state index contributed by atoms with van der Waals surface area (Å²) in [7, 11) is 1.57. The Morgan fingerprint density at radius 3 is 2.82 bits per heavy atom. The van der Waals surface area contributed by atoms with Crippen LogP contribution in [0, 0.1) is 5.82 Å². The van der Waals surface area contributed by atoms with Crippen molar-refractivity contribution in [2.24, 2.45) is 0 Å². The van der Waals surface area contributed by atoms with Gasteiger partial charge in [0.25, 0.3) is 5.91 Å². The van der Waals surface area contributed by atoms with Crippen LogP contribution in [0.15, 0.2) is 28.4 Å². The van der Waals surface area contributed by atoms with E-state index in [1.807, 2.05) is 0 Å². The van der Waals surface area contributed by atoms with Crippen molar-refractivity contribution in [1.29, 1.82) is 0 Å². The topological polar surface area (TPSA) is 32.3 Å². The van der Waals surface area contributed by atoms with Gasteiger partial charge in [0, 0.05) is 17.1 Å². The first-order chi connectivity index (χ1) is 7.99. The molecule has 0 radical (unpaired) electrons. The molecule has 88 valence electrons. The molecular weight excluding hydrogens is 307 g/mol. The van der Waals surface area contributed by atoms with Gasteiger partial charge in [-0.05, 0) is 36.5 Å². The van der Waals surface area contributed by atoms with Gasteiger partial charge in [0.2, 0.25) is 0 Å². The minimum atomic E-state index is -0.393. The molecule has 1 saturated heterocycles. The Morgan fingerprint density at radius 2 is 2.24 bits per heavy atom. The van der Waals surface area contributed by atoms with Gasteiger partial charge in [0.05, 0.1) is 0 Å². The largest absolute Gasteiger partial charge is 0.328 e. The molecule has 0 spiro atoms. The predicted octanol–water partition coefficient (Wildman–Crippen LogP) is 2.28. The van der Waals surface area contributed by atoms with E-state index in [-0.39, 0.29) is 11.6 Å². The van der Waals surface area contributed by atoms with Crippen molar-refractivity contribution in [1.82, 2.24) is 10.2 Å². The van der Waals surface area contributed by atoms with Gasteiger partial charge in [-0.1, -0.05) is 15.9 Å². The van der Waals surface area contributed by atoms with E-state index in [4.69, 9.17) is 12.2 Å². The molecule has 0 aromatic heterocycles. The number of amides is 1. The minimum absolute atomic E-state index is 0.269. The third-order valence-corrected chi connectivity index (χ3v) is 3.21. The number of likely N-dealkylation sites (N-methyl/N-ethyl adjacent to an activating group) is 1. The smallest absolute Gasteiger partial charge is 0.276 e. The van der Waals surface area contributed by atoms with E-state index >= 15 is 0 Å². The second-order valence-electron chi connectivity index (χ2n) is 3.52. The van der Waals surface area contributed by atoms with E-state index in [2.05, 4.69) is 21.2 Å². The molecule has 0 bridgehead atoms. The summed E-state index contributed by atoms with van der Waals surface area (Å²) in [6.45, 7) is 0. The van der Waals surface area contributed by atoms with E-state index < -0.39 is 5.82 Å². The number of carbonyl (C=O) groups excluding carboxylic acids is 1. The highest BCUT2D eigenvalue weighted by Gasteiger charge is 2.27. The van der Waals surface area contributed by atoms with Gasteiger partial charge >= 0.3 is 0 Å². The maximum atomic E-state index is 13.5. The minimum Gasteiger partial charge on any atom is -0.328 e. The number of rotatable bonds is 1. The zero-order valence-electron chi connectivity index (χ0n) is 8.83. The normalized spacial score (nSPS) is 17.8. The zero-order valence-corrected chi connectivity index (χ0v) is 11.2. The first kappa shape index (κ1) is 12.2. The van der Waals surface area contributed by atoms with E-state index in [9.17, 15) is 9.18 Å². The molecule has 0 unspecified atom stereocenters. The number of nitrogens with one attached hydrogen (secondary N) is 1. The summed E-state index contributed by atoms with van der Waals surface area (Å²) < 4.78 is 14.2. The molecule has 1 fully saturated rings. The number of hydrogen-bond acceptors (Lipinski definition) is 2. The summed E-state index contributed by atoms with van der Waals surface area (Å²) >= 11 is 8.17. The summed E-state index contributed by atoms with van der Waals surface area (Å²) in [5, 5.41) is 3.05. The lowest BCUT2D eigenvalue weighted by Gasteiger charge is -2.02. The predicted molar refractivity (Wildman–Crippen MR) is 70.6 cm³/mol. The lowest BCUT2D eigenvalue weighted by atomic mass is 10.2. The molecule has 1 aromatic rings. The number of carbonyl (C=O) groups is 1. The highest BCUT2D eigenvalue weighted by molar-refractivity contribution is 9.10. The fourth-order valence-corrected chi connectivity index (χ4v) is 1.98. The highest BCUT2D eigenvalue weighted by Crippen LogP contribution is 2.19. The number of nitrogens with zero attached hydrogens (tertiary/aromatic N) is 1. The maximum Gasteiger partial charge on any atom is 0.276 e. The van der Waals surface area contributed by atoms with Crippen LogP contribution in [0.25, 0.3) is 6.08 Å². The lowest BCUT2D eigenvalue weighted by molar-refractivity contribution is -0.121. The molecule has 1 N–H and O–H groups in total. The number of thiocarbonyl (C=S) groups is 1. The fraction of sp³-hybridized carbons (Fsp3) is 0.0909. The summed E-state index contributed by atoms with van der Waals surface area (Å²) in [5.74, 6) is -0.662. The van der Waals surface area contributed by atoms with E-state index in [0.717, 1.165) is 4.47 Å². The molecule has 0 aliphatic carbocycles. The van der Waals surface area contributed by atoms with Crippen LogP contribution in [-0.2, 0) is 4.79 Å². The second-order valence-corrected chi connectivity index (χ2v) is 4.82. The van der Waals surface area contributed by atoms with Gasteiger partial charge in [-0.15, -0.1) is 0 Å². The van der Waals surface area contributed by atoms with Crippen molar-refractivity contribution in [3.63, 3.8) is 0 Å². The summed E-state index contributed by atoms with van der Waals surface area (Å²) in [6.07, 6.45) is 1.44. The Kier molecular flexibility index (Phi) is 3.26. The van der Waals surface area contributed by atoms with Crippen molar-refractivity contribution in [2.45, 2.75) is 0 Å². The van der Waals surface area contributed by atoms with Crippen molar-refractivity contribution in [2.75, 3.05) is 7.05 Å². The van der Waals surface area contributed by atoms with Crippen LogP contribution < -0.4 is 5.32 Å². The Hall–Kier alpha value is -1.27. The van der Waals surface area contributed by atoms with Crippen LogP contribution in [0.5, 0.6) is 0 Å². The first-order valence-corrected chi connectivity index (χ1v) is 5.95. The summed E-state index contributed by atoms with van der Waals surface area (Å²) in [6, 6.07) is 4.52. The van der Waals surface area contributed by atoms with Crippen molar-refractivity contribution in [3.05, 3.63) is 39.7 Å². The maximum absolute atomic E-state index is 13.5. The molecule has 6 heteroatoms. The average molecular weight is 315 g/mol. The van der Waals surface area contributed by atoms with Gasteiger partial charge in [-0.3, -0.25) is 9.69 Å². The summed E-state index contributed by atoms with van der Waals surface area (Å²) in [4.78, 5) is 13.0. The average Bonchev–Trinajstić information content (AvgIpc) is 2.52. The standard InChI is InChI=1S/C11H8BrFN2OS/c1-15-10(16)9(14-11(15)17)5-6-4-7(12)2-3-8(6)13/h2-5H,1H3,(H,14,17)/b9-5+. The number of halogens is 2. The molecule has 1 amide bonds. The molecule has 2 rings (SSSR count). The van der Waals surface area contributed by atoms with Crippen LogP contribution in [0.1, 0.15) is 5.56 Å². The molecule has 17 heavy (non-hydrogen) atoms. The van der Waals surface area contributed by atoms with E-state index in [1.54, 1.807) is 19.2 Å². The highest BCUT2D eigenvalue weighted by atomic mass is 79.9. The molecular formula is C11H8BrFN2OS. The van der Waals surface area contributed by atoms with Crippen molar-refractivity contribution < 1.29 is 9.18 Å². The Labute approximate surface area is 111 Å². The number of benzene rings is 1. The molecule has 3 nitrogen and oxygen atoms in total. The monoisotopic (exact) mass is 314 g/mol. The molecule has 1 aliphatic heterocycles.